The van der Waals surface area contributed by atoms with Crippen molar-refractivity contribution in [2.75, 3.05) is 0 Å². The van der Waals surface area contributed by atoms with Gasteiger partial charge in [-0.3, -0.25) is 0 Å². The third kappa shape index (κ3) is 1.83. The van der Waals surface area contributed by atoms with Gasteiger partial charge in [-0.05, 0) is 43.4 Å². The molecular weight excluding hydrogens is 271 g/mol. The molecule has 1 aliphatic rings. The Balaban J connectivity index is 1.89. The Hall–Kier alpha value is -1.81. The monoisotopic (exact) mass is 283 g/mol. The molecule has 0 spiro atoms. The van der Waals surface area contributed by atoms with Gasteiger partial charge in [0.15, 0.2) is 5.82 Å². The molecular formula is C16H12FN2S. The highest BCUT2D eigenvalue weighted by Crippen LogP contribution is 2.35. The smallest absolute Gasteiger partial charge is 0.164 e. The van der Waals surface area contributed by atoms with Crippen LogP contribution in [0.2, 0.25) is 0 Å². The van der Waals surface area contributed by atoms with Crippen molar-refractivity contribution >= 4 is 21.6 Å². The van der Waals surface area contributed by atoms with Crippen LogP contribution in [0.5, 0.6) is 0 Å². The fourth-order valence-electron chi connectivity index (χ4n) is 2.74. The first-order chi connectivity index (χ1) is 9.83. The summed E-state index contributed by atoms with van der Waals surface area (Å²) in [5.74, 6) is 0.135. The van der Waals surface area contributed by atoms with E-state index in [1.54, 1.807) is 29.5 Å². The van der Waals surface area contributed by atoms with Crippen molar-refractivity contribution < 1.29 is 4.39 Å². The summed E-state index contributed by atoms with van der Waals surface area (Å²) in [6.45, 7) is 0. The molecule has 1 radical (unpaired) electrons. The van der Waals surface area contributed by atoms with Crippen LogP contribution in [-0.2, 0) is 12.8 Å². The van der Waals surface area contributed by atoms with Gasteiger partial charge < -0.3 is 0 Å². The van der Waals surface area contributed by atoms with Gasteiger partial charge in [-0.15, -0.1) is 11.3 Å². The Labute approximate surface area is 120 Å². The van der Waals surface area contributed by atoms with Crippen LogP contribution in [0.4, 0.5) is 4.39 Å². The Morgan fingerprint density at radius 1 is 1.15 bits per heavy atom. The lowest BCUT2D eigenvalue weighted by atomic mass is 9.97. The molecule has 4 rings (SSSR count). The maximum atomic E-state index is 13.8. The number of benzene rings is 1. The number of rotatable bonds is 1. The Morgan fingerprint density at radius 2 is 2.00 bits per heavy atom. The largest absolute Gasteiger partial charge is 0.225 e. The van der Waals surface area contributed by atoms with Gasteiger partial charge >= 0.3 is 0 Å². The first-order valence-electron chi connectivity index (χ1n) is 6.78. The molecule has 1 aliphatic carbocycles. The SMILES string of the molecule is Fc1ccccc1-c1n[c]c2c3c(sc2n1)CCCC3. The first kappa shape index (κ1) is 12.0. The minimum absolute atomic E-state index is 0.290. The summed E-state index contributed by atoms with van der Waals surface area (Å²) in [7, 11) is 0. The van der Waals surface area contributed by atoms with Crippen LogP contribution in [-0.4, -0.2) is 9.97 Å². The van der Waals surface area contributed by atoms with E-state index in [4.69, 9.17) is 0 Å². The van der Waals surface area contributed by atoms with E-state index < -0.39 is 0 Å². The normalized spacial score (nSPS) is 14.4. The van der Waals surface area contributed by atoms with Crippen LogP contribution in [0.1, 0.15) is 23.3 Å². The van der Waals surface area contributed by atoms with E-state index in [2.05, 4.69) is 16.2 Å². The van der Waals surface area contributed by atoms with Gasteiger partial charge in [-0.25, -0.2) is 14.4 Å². The lowest BCUT2D eigenvalue weighted by molar-refractivity contribution is 0.630. The lowest BCUT2D eigenvalue weighted by Gasteiger charge is -2.09. The van der Waals surface area contributed by atoms with E-state index in [1.165, 1.54) is 29.3 Å². The van der Waals surface area contributed by atoms with Crippen molar-refractivity contribution in [3.05, 3.63) is 46.7 Å². The predicted octanol–water partition coefficient (Wildman–Crippen LogP) is 4.18. The van der Waals surface area contributed by atoms with Crippen LogP contribution in [0.15, 0.2) is 24.3 Å². The molecule has 2 aromatic heterocycles. The van der Waals surface area contributed by atoms with Crippen molar-refractivity contribution in [1.82, 2.24) is 9.97 Å². The van der Waals surface area contributed by atoms with Gasteiger partial charge in [-0.2, -0.15) is 0 Å². The van der Waals surface area contributed by atoms with Gasteiger partial charge in [0.25, 0.3) is 0 Å². The number of thiophene rings is 1. The minimum atomic E-state index is -0.290. The topological polar surface area (TPSA) is 25.8 Å². The Bertz CT molecular complexity index is 794. The zero-order chi connectivity index (χ0) is 13.5. The molecule has 0 saturated heterocycles. The average molecular weight is 283 g/mol. The summed E-state index contributed by atoms with van der Waals surface area (Å²) < 4.78 is 13.8. The summed E-state index contributed by atoms with van der Waals surface area (Å²) >= 11 is 1.71. The molecule has 0 atom stereocenters. The average Bonchev–Trinajstić information content (AvgIpc) is 2.85. The molecule has 2 heterocycles. The van der Waals surface area contributed by atoms with Gasteiger partial charge in [0.2, 0.25) is 0 Å². The molecule has 99 valence electrons. The molecule has 0 N–H and O–H groups in total. The maximum absolute atomic E-state index is 13.8. The number of aryl methyl sites for hydroxylation is 2. The van der Waals surface area contributed by atoms with Crippen molar-refractivity contribution in [2.45, 2.75) is 25.7 Å². The lowest BCUT2D eigenvalue weighted by Crippen LogP contribution is -1.98. The quantitative estimate of drug-likeness (QED) is 0.669. The summed E-state index contributed by atoms with van der Waals surface area (Å²) in [6.07, 6.45) is 7.77. The second-order valence-corrected chi connectivity index (χ2v) is 6.11. The Kier molecular flexibility index (Phi) is 2.77. The second kappa shape index (κ2) is 4.63. The molecule has 20 heavy (non-hydrogen) atoms. The molecule has 0 bridgehead atoms. The van der Waals surface area contributed by atoms with Gasteiger partial charge in [0.1, 0.15) is 16.8 Å². The van der Waals surface area contributed by atoms with E-state index >= 15 is 0 Å². The minimum Gasteiger partial charge on any atom is -0.225 e. The fourth-order valence-corrected chi connectivity index (χ4v) is 3.95. The van der Waals surface area contributed by atoms with Gasteiger partial charge in [0.05, 0.1) is 5.56 Å². The van der Waals surface area contributed by atoms with Crippen molar-refractivity contribution in [1.29, 1.82) is 0 Å². The summed E-state index contributed by atoms with van der Waals surface area (Å²) in [5, 5.41) is 1.03. The van der Waals surface area contributed by atoms with E-state index in [-0.39, 0.29) is 5.82 Å². The van der Waals surface area contributed by atoms with E-state index in [1.807, 2.05) is 0 Å². The third-order valence-corrected chi connectivity index (χ3v) is 4.93. The van der Waals surface area contributed by atoms with E-state index in [0.29, 0.717) is 11.4 Å². The van der Waals surface area contributed by atoms with Crippen LogP contribution in [0, 0.1) is 12.0 Å². The third-order valence-electron chi connectivity index (χ3n) is 3.75. The molecule has 0 aliphatic heterocycles. The van der Waals surface area contributed by atoms with E-state index in [0.717, 1.165) is 23.1 Å². The molecule has 0 saturated carbocycles. The molecule has 4 heteroatoms. The molecule has 2 nitrogen and oxygen atoms in total. The summed E-state index contributed by atoms with van der Waals surface area (Å²) in [6, 6.07) is 6.61. The van der Waals surface area contributed by atoms with Gasteiger partial charge in [0, 0.05) is 10.3 Å². The van der Waals surface area contributed by atoms with Crippen molar-refractivity contribution in [3.63, 3.8) is 0 Å². The summed E-state index contributed by atoms with van der Waals surface area (Å²) in [4.78, 5) is 11.1. The number of hydrogen-bond donors (Lipinski definition) is 0. The molecule has 0 fully saturated rings. The number of hydrogen-bond acceptors (Lipinski definition) is 3. The molecule has 1 aromatic carbocycles. The first-order valence-corrected chi connectivity index (χ1v) is 7.59. The fraction of sp³-hybridized carbons (Fsp3) is 0.250. The highest BCUT2D eigenvalue weighted by atomic mass is 32.1. The van der Waals surface area contributed by atoms with E-state index in [9.17, 15) is 4.39 Å². The van der Waals surface area contributed by atoms with Crippen molar-refractivity contribution in [2.24, 2.45) is 0 Å². The zero-order valence-corrected chi connectivity index (χ0v) is 11.6. The second-order valence-electron chi connectivity index (χ2n) is 5.03. The molecule has 0 amide bonds. The number of aromatic nitrogens is 2. The van der Waals surface area contributed by atoms with Gasteiger partial charge in [-0.1, -0.05) is 12.1 Å². The van der Waals surface area contributed by atoms with Crippen LogP contribution < -0.4 is 0 Å². The highest BCUT2D eigenvalue weighted by molar-refractivity contribution is 7.18. The standard InChI is InChI=1S/C16H12FN2S/c17-13-7-3-1-6-11(13)15-18-9-12-10-5-2-4-8-14(10)20-16(12)19-15/h1,3,6-7H,2,4-5,8H2. The zero-order valence-electron chi connectivity index (χ0n) is 10.8. The molecule has 3 aromatic rings. The van der Waals surface area contributed by atoms with Crippen LogP contribution >= 0.6 is 11.3 Å². The number of nitrogens with zero attached hydrogens (tertiary/aromatic N) is 2. The highest BCUT2D eigenvalue weighted by Gasteiger charge is 2.18. The predicted molar refractivity (Wildman–Crippen MR) is 78.3 cm³/mol. The Morgan fingerprint density at radius 3 is 2.90 bits per heavy atom. The number of fused-ring (bicyclic) bond motifs is 3. The number of halogens is 1. The van der Waals surface area contributed by atoms with Crippen LogP contribution in [0.25, 0.3) is 21.6 Å². The van der Waals surface area contributed by atoms with Crippen LogP contribution in [0.3, 0.4) is 0 Å². The molecule has 0 unspecified atom stereocenters. The maximum Gasteiger partial charge on any atom is 0.164 e. The summed E-state index contributed by atoms with van der Waals surface area (Å²) in [5.41, 5.74) is 1.80. The van der Waals surface area contributed by atoms with Crippen molar-refractivity contribution in [3.8, 4) is 11.4 Å².